The molecule has 4 heteroatoms. The fraction of sp³-hybridized carbons (Fsp3) is 0.625. The van der Waals surface area contributed by atoms with E-state index in [2.05, 4.69) is 17.2 Å². The number of pyridine rings is 1. The molecule has 4 nitrogen and oxygen atoms in total. The molecule has 0 aromatic carbocycles. The van der Waals surface area contributed by atoms with Crippen LogP contribution in [0.25, 0.3) is 0 Å². The number of aryl methyl sites for hydroxylation is 1. The van der Waals surface area contributed by atoms with Gasteiger partial charge in [-0.1, -0.05) is 13.0 Å². The molecule has 2 rings (SSSR count). The van der Waals surface area contributed by atoms with Gasteiger partial charge >= 0.3 is 0 Å². The molecular formula is C16H25N3O. The van der Waals surface area contributed by atoms with E-state index in [1.165, 1.54) is 12.8 Å². The first-order valence-electron chi connectivity index (χ1n) is 7.69. The number of amides is 1. The monoisotopic (exact) mass is 275 g/mol. The van der Waals surface area contributed by atoms with Gasteiger partial charge < -0.3 is 10.2 Å². The maximum absolute atomic E-state index is 12.4. The Morgan fingerprint density at radius 3 is 3.10 bits per heavy atom. The van der Waals surface area contributed by atoms with E-state index in [0.717, 1.165) is 38.0 Å². The van der Waals surface area contributed by atoms with Crippen molar-refractivity contribution in [1.82, 2.24) is 15.2 Å². The van der Waals surface area contributed by atoms with Crippen molar-refractivity contribution in [2.75, 3.05) is 19.6 Å². The Morgan fingerprint density at radius 2 is 2.45 bits per heavy atom. The van der Waals surface area contributed by atoms with Crippen LogP contribution in [-0.2, 0) is 11.2 Å². The Balaban J connectivity index is 1.82. The Kier molecular flexibility index (Phi) is 5.99. The Morgan fingerprint density at radius 1 is 1.55 bits per heavy atom. The molecular weight excluding hydrogens is 250 g/mol. The molecule has 1 unspecified atom stereocenters. The van der Waals surface area contributed by atoms with Gasteiger partial charge in [-0.25, -0.2) is 0 Å². The summed E-state index contributed by atoms with van der Waals surface area (Å²) in [5, 5.41) is 3.47. The van der Waals surface area contributed by atoms with Crippen LogP contribution in [0.5, 0.6) is 0 Å². The van der Waals surface area contributed by atoms with Crippen LogP contribution in [-0.4, -0.2) is 41.5 Å². The summed E-state index contributed by atoms with van der Waals surface area (Å²) >= 11 is 0. The van der Waals surface area contributed by atoms with Crippen LogP contribution >= 0.6 is 0 Å². The van der Waals surface area contributed by atoms with Gasteiger partial charge in [0.25, 0.3) is 0 Å². The molecule has 1 N–H and O–H groups in total. The maximum Gasteiger partial charge on any atom is 0.222 e. The topological polar surface area (TPSA) is 45.2 Å². The maximum atomic E-state index is 12.4. The molecule has 110 valence electrons. The number of carbonyl (C=O) groups excluding carboxylic acids is 1. The van der Waals surface area contributed by atoms with Gasteiger partial charge in [0.05, 0.1) is 0 Å². The number of hydrogen-bond acceptors (Lipinski definition) is 3. The summed E-state index contributed by atoms with van der Waals surface area (Å²) in [5.41, 5.74) is 1.14. The van der Waals surface area contributed by atoms with Crippen molar-refractivity contribution >= 4 is 5.91 Å². The Labute approximate surface area is 121 Å². The standard InChI is InChI=1S/C16H25N3O/c1-2-11-19(13-15-6-4-10-18-15)16(20)8-7-14-5-3-9-17-12-14/h3,5,9,12,15,18H,2,4,6-8,10-11,13H2,1H3. The van der Waals surface area contributed by atoms with Crippen molar-refractivity contribution in [3.63, 3.8) is 0 Å². The average Bonchev–Trinajstić information content (AvgIpc) is 2.98. The summed E-state index contributed by atoms with van der Waals surface area (Å²) in [5.74, 6) is 0.268. The number of carbonyl (C=O) groups is 1. The van der Waals surface area contributed by atoms with Crippen molar-refractivity contribution in [1.29, 1.82) is 0 Å². The highest BCUT2D eigenvalue weighted by Gasteiger charge is 2.20. The van der Waals surface area contributed by atoms with E-state index < -0.39 is 0 Å². The Hall–Kier alpha value is -1.42. The zero-order chi connectivity index (χ0) is 14.2. The minimum atomic E-state index is 0.268. The third kappa shape index (κ3) is 4.60. The molecule has 0 bridgehead atoms. The smallest absolute Gasteiger partial charge is 0.222 e. The zero-order valence-corrected chi connectivity index (χ0v) is 12.3. The number of nitrogens with zero attached hydrogens (tertiary/aromatic N) is 2. The minimum absolute atomic E-state index is 0.268. The van der Waals surface area contributed by atoms with E-state index in [9.17, 15) is 4.79 Å². The highest BCUT2D eigenvalue weighted by Crippen LogP contribution is 2.10. The largest absolute Gasteiger partial charge is 0.341 e. The second kappa shape index (κ2) is 8.00. The first-order valence-corrected chi connectivity index (χ1v) is 7.69. The van der Waals surface area contributed by atoms with Gasteiger partial charge in [-0.2, -0.15) is 0 Å². The van der Waals surface area contributed by atoms with E-state index in [1.807, 2.05) is 23.2 Å². The normalized spacial score (nSPS) is 18.1. The zero-order valence-electron chi connectivity index (χ0n) is 12.3. The van der Waals surface area contributed by atoms with Crippen molar-refractivity contribution in [3.8, 4) is 0 Å². The van der Waals surface area contributed by atoms with Crippen molar-refractivity contribution < 1.29 is 4.79 Å². The summed E-state index contributed by atoms with van der Waals surface area (Å²) in [6.07, 6.45) is 8.41. The van der Waals surface area contributed by atoms with Crippen LogP contribution < -0.4 is 5.32 Å². The van der Waals surface area contributed by atoms with Crippen molar-refractivity contribution in [3.05, 3.63) is 30.1 Å². The lowest BCUT2D eigenvalue weighted by atomic mass is 10.1. The summed E-state index contributed by atoms with van der Waals surface area (Å²) in [6.45, 7) is 4.95. The average molecular weight is 275 g/mol. The fourth-order valence-electron chi connectivity index (χ4n) is 2.72. The molecule has 1 saturated heterocycles. The lowest BCUT2D eigenvalue weighted by Crippen LogP contribution is -2.41. The molecule has 20 heavy (non-hydrogen) atoms. The summed E-state index contributed by atoms with van der Waals surface area (Å²) in [4.78, 5) is 18.5. The van der Waals surface area contributed by atoms with Crippen LogP contribution in [0, 0.1) is 0 Å². The van der Waals surface area contributed by atoms with Crippen LogP contribution in [0.2, 0.25) is 0 Å². The second-order valence-electron chi connectivity index (χ2n) is 5.49. The Bertz CT molecular complexity index is 401. The molecule has 0 spiro atoms. The molecule has 1 atom stereocenters. The summed E-state index contributed by atoms with van der Waals surface area (Å²) < 4.78 is 0. The van der Waals surface area contributed by atoms with Gasteiger partial charge in [0, 0.05) is 37.9 Å². The van der Waals surface area contributed by atoms with E-state index in [4.69, 9.17) is 0 Å². The van der Waals surface area contributed by atoms with E-state index in [0.29, 0.717) is 12.5 Å². The van der Waals surface area contributed by atoms with Gasteiger partial charge in [0.2, 0.25) is 5.91 Å². The lowest BCUT2D eigenvalue weighted by molar-refractivity contribution is -0.131. The number of rotatable bonds is 7. The van der Waals surface area contributed by atoms with Crippen LogP contribution in [0.15, 0.2) is 24.5 Å². The predicted molar refractivity (Wildman–Crippen MR) is 80.5 cm³/mol. The van der Waals surface area contributed by atoms with E-state index in [1.54, 1.807) is 6.20 Å². The number of nitrogens with one attached hydrogen (secondary N) is 1. The molecule has 1 fully saturated rings. The molecule has 1 aromatic rings. The van der Waals surface area contributed by atoms with Gasteiger partial charge in [-0.3, -0.25) is 9.78 Å². The first-order chi connectivity index (χ1) is 9.79. The van der Waals surface area contributed by atoms with Gasteiger partial charge in [-0.05, 0) is 43.9 Å². The van der Waals surface area contributed by atoms with E-state index in [-0.39, 0.29) is 5.91 Å². The van der Waals surface area contributed by atoms with Crippen LogP contribution in [0.4, 0.5) is 0 Å². The molecule has 1 aliphatic rings. The number of aromatic nitrogens is 1. The molecule has 2 heterocycles. The molecule has 1 amide bonds. The SMILES string of the molecule is CCCN(CC1CCCN1)C(=O)CCc1cccnc1. The fourth-order valence-corrected chi connectivity index (χ4v) is 2.72. The second-order valence-corrected chi connectivity index (χ2v) is 5.49. The molecule has 0 radical (unpaired) electrons. The molecule has 0 saturated carbocycles. The van der Waals surface area contributed by atoms with Crippen LogP contribution in [0.3, 0.4) is 0 Å². The third-order valence-corrected chi connectivity index (χ3v) is 3.80. The van der Waals surface area contributed by atoms with Crippen molar-refractivity contribution in [2.24, 2.45) is 0 Å². The lowest BCUT2D eigenvalue weighted by Gasteiger charge is -2.25. The minimum Gasteiger partial charge on any atom is -0.341 e. The third-order valence-electron chi connectivity index (χ3n) is 3.80. The van der Waals surface area contributed by atoms with Crippen molar-refractivity contribution in [2.45, 2.75) is 45.1 Å². The van der Waals surface area contributed by atoms with Gasteiger partial charge in [0.1, 0.15) is 0 Å². The quantitative estimate of drug-likeness (QED) is 0.828. The molecule has 0 aliphatic carbocycles. The first kappa shape index (κ1) is 15.0. The van der Waals surface area contributed by atoms with Gasteiger partial charge in [0.15, 0.2) is 0 Å². The van der Waals surface area contributed by atoms with E-state index >= 15 is 0 Å². The number of hydrogen-bond donors (Lipinski definition) is 1. The predicted octanol–water partition coefficient (Wildman–Crippen LogP) is 2.00. The molecule has 1 aliphatic heterocycles. The molecule has 1 aromatic heterocycles. The van der Waals surface area contributed by atoms with Gasteiger partial charge in [-0.15, -0.1) is 0 Å². The summed E-state index contributed by atoms with van der Waals surface area (Å²) in [7, 11) is 0. The summed E-state index contributed by atoms with van der Waals surface area (Å²) in [6, 6.07) is 4.44. The highest BCUT2D eigenvalue weighted by atomic mass is 16.2. The highest BCUT2D eigenvalue weighted by molar-refractivity contribution is 5.76. The van der Waals surface area contributed by atoms with Crippen LogP contribution in [0.1, 0.15) is 38.2 Å².